The van der Waals surface area contributed by atoms with Crippen molar-refractivity contribution in [2.45, 2.75) is 42.4 Å². The number of aromatic nitrogens is 4. The number of benzene rings is 1. The Kier molecular flexibility index (Phi) is 8.95. The Morgan fingerprint density at radius 3 is 2.56 bits per heavy atom. The van der Waals surface area contributed by atoms with E-state index in [9.17, 15) is 18.8 Å². The fourth-order valence-corrected chi connectivity index (χ4v) is 7.59. The first-order chi connectivity index (χ1) is 21.5. The molecule has 0 saturated carbocycles. The molecule has 16 heteroatoms. The van der Waals surface area contributed by atoms with Crippen LogP contribution in [0, 0.1) is 34.3 Å². The molecule has 45 heavy (non-hydrogen) atoms. The summed E-state index contributed by atoms with van der Waals surface area (Å²) in [5, 5.41) is 17.7. The van der Waals surface area contributed by atoms with Crippen LogP contribution >= 0.6 is 35.0 Å². The second-order valence-electron chi connectivity index (χ2n) is 11.5. The number of halogens is 4. The van der Waals surface area contributed by atoms with Gasteiger partial charge in [0, 0.05) is 38.6 Å². The molecule has 1 aromatic carbocycles. The molecule has 3 aromatic rings. The first-order valence-corrected chi connectivity index (χ1v) is 15.6. The van der Waals surface area contributed by atoms with Gasteiger partial charge in [-0.25, -0.2) is 18.4 Å². The number of anilines is 1. The van der Waals surface area contributed by atoms with Crippen molar-refractivity contribution in [2.75, 3.05) is 44.9 Å². The highest BCUT2D eigenvalue weighted by Gasteiger charge is 2.51. The summed E-state index contributed by atoms with van der Waals surface area (Å²) < 4.78 is 53.3. The van der Waals surface area contributed by atoms with Crippen molar-refractivity contribution in [1.82, 2.24) is 20.0 Å². The number of hydrogen-bond acceptors (Lipinski definition) is 11. The fourth-order valence-electron chi connectivity index (χ4n) is 5.90. The van der Waals surface area contributed by atoms with E-state index in [1.165, 1.54) is 25.8 Å². The molecule has 5 atom stereocenters. The summed E-state index contributed by atoms with van der Waals surface area (Å²) >= 11 is 13.4. The van der Waals surface area contributed by atoms with E-state index in [0.29, 0.717) is 23.9 Å². The number of hydrogen-bond donors (Lipinski definition) is 0. The van der Waals surface area contributed by atoms with Crippen LogP contribution in [0.25, 0.3) is 11.3 Å². The van der Waals surface area contributed by atoms with Crippen LogP contribution < -0.4 is 4.90 Å². The summed E-state index contributed by atoms with van der Waals surface area (Å²) in [5.41, 5.74) is -0.122. The van der Waals surface area contributed by atoms with Gasteiger partial charge in [-0.2, -0.15) is 5.26 Å². The van der Waals surface area contributed by atoms with E-state index in [1.54, 1.807) is 16.9 Å². The molecular formula is C29H28Cl2F2N6O5S. The maximum Gasteiger partial charge on any atom is 0.302 e. The molecule has 0 bridgehead atoms. The smallest absolute Gasteiger partial charge is 0.302 e. The van der Waals surface area contributed by atoms with Crippen LogP contribution in [0.2, 0.25) is 10.0 Å². The zero-order chi connectivity index (χ0) is 32.0. The number of nitrogens with zero attached hydrogens (tertiary/aromatic N) is 6. The average Bonchev–Trinajstić information content (AvgIpc) is 3.44. The zero-order valence-corrected chi connectivity index (χ0v) is 26.7. The summed E-state index contributed by atoms with van der Waals surface area (Å²) in [5.74, 6) is -2.03. The minimum atomic E-state index is -0.920. The number of carbonyl (C=O) groups is 1. The number of thioether (sulfide) groups is 1. The first-order valence-electron chi connectivity index (χ1n) is 14.0. The molecule has 238 valence electrons. The van der Waals surface area contributed by atoms with Gasteiger partial charge in [-0.05, 0) is 18.2 Å². The molecule has 3 aliphatic heterocycles. The number of esters is 1. The minimum Gasteiger partial charge on any atom is -0.463 e. The number of carbonyl (C=O) groups excluding carboxylic acids is 1. The molecule has 3 aliphatic rings. The van der Waals surface area contributed by atoms with Crippen molar-refractivity contribution in [1.29, 1.82) is 5.26 Å². The van der Waals surface area contributed by atoms with Crippen molar-refractivity contribution < 1.29 is 32.5 Å². The lowest BCUT2D eigenvalue weighted by molar-refractivity contribution is -0.171. The lowest BCUT2D eigenvalue weighted by Gasteiger charge is -2.55. The minimum absolute atomic E-state index is 0.0382. The predicted octanol–water partition coefficient (Wildman–Crippen LogP) is 4.91. The van der Waals surface area contributed by atoms with Crippen LogP contribution in [-0.2, 0) is 23.7 Å². The number of ether oxygens (including phenoxy) is 4. The second-order valence-corrected chi connectivity index (χ2v) is 13.4. The van der Waals surface area contributed by atoms with Crippen LogP contribution in [-0.4, -0.2) is 83.6 Å². The van der Waals surface area contributed by atoms with E-state index in [1.807, 2.05) is 6.92 Å². The van der Waals surface area contributed by atoms with Gasteiger partial charge in [0.05, 0.1) is 46.9 Å². The molecule has 1 spiro atoms. The number of methoxy groups -OCH3 is 1. The number of pyridine rings is 1. The predicted molar refractivity (Wildman–Crippen MR) is 160 cm³/mol. The third kappa shape index (κ3) is 6.09. The SMILES string of the molecule is CO[C@H]1C(n2cc(-c3cc(F)c(Cl)c(F)c3)nn2)[C@@H](C)C(COC(C)=O)O[C@@H]1Sc1cc(Cl)c(C#N)nc1N1CC2(COC2)C1. The Morgan fingerprint density at radius 1 is 1.24 bits per heavy atom. The van der Waals surface area contributed by atoms with E-state index in [-0.39, 0.29) is 39.9 Å². The van der Waals surface area contributed by atoms with Crippen LogP contribution in [0.15, 0.2) is 29.3 Å². The number of nitriles is 1. The molecule has 11 nitrogen and oxygen atoms in total. The van der Waals surface area contributed by atoms with Gasteiger partial charge in [-0.15, -0.1) is 5.10 Å². The summed E-state index contributed by atoms with van der Waals surface area (Å²) in [6.45, 7) is 5.98. The van der Waals surface area contributed by atoms with Crippen molar-refractivity contribution >= 4 is 46.8 Å². The molecule has 0 radical (unpaired) electrons. The van der Waals surface area contributed by atoms with Crippen LogP contribution in [0.4, 0.5) is 14.6 Å². The molecular weight excluding hydrogens is 653 g/mol. The van der Waals surface area contributed by atoms with Gasteiger partial charge < -0.3 is 23.8 Å². The Morgan fingerprint density at radius 2 is 1.96 bits per heavy atom. The normalized spacial score (nSPS) is 25.4. The maximum atomic E-state index is 14.2. The summed E-state index contributed by atoms with van der Waals surface area (Å²) in [4.78, 5) is 19.1. The molecule has 2 aromatic heterocycles. The molecule has 0 aliphatic carbocycles. The number of rotatable bonds is 8. The molecule has 0 N–H and O–H groups in total. The lowest BCUT2D eigenvalue weighted by Crippen LogP contribution is -2.66. The molecule has 6 rings (SSSR count). The lowest BCUT2D eigenvalue weighted by atomic mass is 9.78. The van der Waals surface area contributed by atoms with E-state index in [4.69, 9.17) is 42.1 Å². The van der Waals surface area contributed by atoms with E-state index in [2.05, 4.69) is 26.3 Å². The highest BCUT2D eigenvalue weighted by molar-refractivity contribution is 8.00. The quantitative estimate of drug-likeness (QED) is 0.238. The van der Waals surface area contributed by atoms with E-state index < -0.39 is 46.3 Å². The van der Waals surface area contributed by atoms with E-state index in [0.717, 1.165) is 25.2 Å². The monoisotopic (exact) mass is 680 g/mol. The molecule has 3 fully saturated rings. The Bertz CT molecular complexity index is 1640. The van der Waals surface area contributed by atoms with Crippen molar-refractivity contribution in [3.8, 4) is 17.3 Å². The fraction of sp³-hybridized carbons (Fsp3) is 0.483. The standard InChI is InChI=1S/C29H28Cl2F2N6O5S/c1-14-22(9-43-15(2)40)44-28(45-23-6-17(30)20(7-34)35-27(23)38-10-29(11-38)12-42-13-29)26(41-3)25(14)39-8-21(36-37-39)16-4-18(32)24(31)19(33)5-16/h4-6,8,14,22,25-26,28H,9-13H2,1-3H3/t14-,22?,25?,26-,28+/m0/s1. The Hall–Kier alpha value is -3.06. The van der Waals surface area contributed by atoms with Crippen LogP contribution in [0.3, 0.4) is 0 Å². The molecule has 2 unspecified atom stereocenters. The Labute approximate surface area is 271 Å². The maximum absolute atomic E-state index is 14.2. The van der Waals surface area contributed by atoms with Gasteiger partial charge in [0.15, 0.2) is 5.69 Å². The highest BCUT2D eigenvalue weighted by atomic mass is 35.5. The third-order valence-electron chi connectivity index (χ3n) is 8.30. The van der Waals surface area contributed by atoms with Crippen molar-refractivity contribution in [3.05, 3.63) is 51.8 Å². The van der Waals surface area contributed by atoms with Crippen molar-refractivity contribution in [3.63, 3.8) is 0 Å². The topological polar surface area (TPSA) is 125 Å². The summed E-state index contributed by atoms with van der Waals surface area (Å²) in [6, 6.07) is 5.39. The average molecular weight is 682 g/mol. The van der Waals surface area contributed by atoms with Gasteiger partial charge >= 0.3 is 5.97 Å². The molecule has 3 saturated heterocycles. The Balaban J connectivity index is 1.34. The van der Waals surface area contributed by atoms with Gasteiger partial charge in [0.2, 0.25) is 0 Å². The summed E-state index contributed by atoms with van der Waals surface area (Å²) in [6.07, 6.45) is 0.333. The van der Waals surface area contributed by atoms with E-state index >= 15 is 0 Å². The van der Waals surface area contributed by atoms with Crippen LogP contribution in [0.5, 0.6) is 0 Å². The third-order valence-corrected chi connectivity index (χ3v) is 10.1. The van der Waals surface area contributed by atoms with Crippen LogP contribution in [0.1, 0.15) is 25.6 Å². The van der Waals surface area contributed by atoms with Gasteiger partial charge in [-0.3, -0.25) is 4.79 Å². The van der Waals surface area contributed by atoms with Gasteiger partial charge in [0.25, 0.3) is 0 Å². The zero-order valence-electron chi connectivity index (χ0n) is 24.4. The van der Waals surface area contributed by atoms with Crippen molar-refractivity contribution in [2.24, 2.45) is 11.3 Å². The largest absolute Gasteiger partial charge is 0.463 e. The molecule has 5 heterocycles. The molecule has 0 amide bonds. The highest BCUT2D eigenvalue weighted by Crippen LogP contribution is 2.47. The summed E-state index contributed by atoms with van der Waals surface area (Å²) in [7, 11) is 1.54. The first kappa shape index (κ1) is 31.9. The van der Waals surface area contributed by atoms with Gasteiger partial charge in [0.1, 0.15) is 52.4 Å². The van der Waals surface area contributed by atoms with Gasteiger partial charge in [-0.1, -0.05) is 47.1 Å². The second kappa shape index (κ2) is 12.6.